The van der Waals surface area contributed by atoms with E-state index in [1.54, 1.807) is 6.92 Å². The third-order valence-electron chi connectivity index (χ3n) is 2.90. The number of ether oxygens (including phenoxy) is 2. The fraction of sp³-hybridized carbons (Fsp3) is 0.824. The fourth-order valence-electron chi connectivity index (χ4n) is 1.59. The highest BCUT2D eigenvalue weighted by molar-refractivity contribution is 8.77. The summed E-state index contributed by atoms with van der Waals surface area (Å²) in [6, 6.07) is 0. The van der Waals surface area contributed by atoms with Gasteiger partial charge in [-0.15, -0.1) is 5.92 Å². The van der Waals surface area contributed by atoms with Crippen molar-refractivity contribution in [2.45, 2.75) is 32.1 Å². The molecule has 146 valence electrons. The third kappa shape index (κ3) is 18.2. The molecule has 8 heteroatoms. The number of carbonyl (C=O) groups is 1. The van der Waals surface area contributed by atoms with E-state index < -0.39 is 0 Å². The molecule has 0 saturated carbocycles. The van der Waals surface area contributed by atoms with E-state index in [4.69, 9.17) is 9.47 Å². The van der Waals surface area contributed by atoms with Crippen molar-refractivity contribution in [2.75, 3.05) is 58.9 Å². The van der Waals surface area contributed by atoms with Crippen LogP contribution in [-0.4, -0.2) is 69.6 Å². The van der Waals surface area contributed by atoms with Gasteiger partial charge in [-0.05, 0) is 27.8 Å². The Balaban J connectivity index is 3.39. The molecule has 0 rings (SSSR count). The first-order valence-corrected chi connectivity index (χ1v) is 10.9. The largest absolute Gasteiger partial charge is 0.379 e. The van der Waals surface area contributed by atoms with E-state index in [-0.39, 0.29) is 10.8 Å². The fourth-order valence-corrected chi connectivity index (χ4v) is 3.98. The average Bonchev–Trinajstić information content (AvgIpc) is 2.57. The van der Waals surface area contributed by atoms with Crippen LogP contribution in [0.15, 0.2) is 0 Å². The first kappa shape index (κ1) is 24.6. The summed E-state index contributed by atoms with van der Waals surface area (Å²) < 4.78 is 10.9. The van der Waals surface area contributed by atoms with Crippen LogP contribution in [-0.2, 0) is 14.3 Å². The van der Waals surface area contributed by atoms with Crippen LogP contribution in [0, 0.1) is 11.8 Å². The van der Waals surface area contributed by atoms with E-state index in [0.717, 1.165) is 18.8 Å². The molecule has 0 radical (unpaired) electrons. The maximum atomic E-state index is 11.4. The van der Waals surface area contributed by atoms with Crippen LogP contribution in [0.1, 0.15) is 27.2 Å². The van der Waals surface area contributed by atoms with Crippen molar-refractivity contribution < 1.29 is 14.3 Å². The van der Waals surface area contributed by atoms with Crippen LogP contribution in [0.5, 0.6) is 0 Å². The number of nitrogens with one attached hydrogen (secondary N) is 3. The summed E-state index contributed by atoms with van der Waals surface area (Å²) in [6.45, 7) is 10.4. The molecule has 0 aromatic heterocycles. The zero-order valence-corrected chi connectivity index (χ0v) is 17.5. The third-order valence-corrected chi connectivity index (χ3v) is 6.05. The molecule has 3 N–H and O–H groups in total. The highest BCUT2D eigenvalue weighted by Gasteiger charge is 2.17. The monoisotopic (exact) mass is 391 g/mol. The van der Waals surface area contributed by atoms with Gasteiger partial charge in [-0.25, -0.2) is 0 Å². The first-order valence-electron chi connectivity index (χ1n) is 8.54. The van der Waals surface area contributed by atoms with Crippen LogP contribution < -0.4 is 16.0 Å². The molecular formula is C17H33N3O3S2. The van der Waals surface area contributed by atoms with Gasteiger partial charge in [0, 0.05) is 25.3 Å². The molecular weight excluding hydrogens is 358 g/mol. The van der Waals surface area contributed by atoms with Gasteiger partial charge >= 0.3 is 0 Å². The lowest BCUT2D eigenvalue weighted by atomic mass is 10.4. The highest BCUT2D eigenvalue weighted by atomic mass is 33.1. The van der Waals surface area contributed by atoms with Gasteiger partial charge in [0.2, 0.25) is 5.91 Å². The SMILES string of the molecule is CC#CCNC(=O)CCOCCOCCNC(C)(C)SSCCNC. The van der Waals surface area contributed by atoms with Crippen LogP contribution in [0.3, 0.4) is 0 Å². The van der Waals surface area contributed by atoms with Crippen molar-refractivity contribution in [3.63, 3.8) is 0 Å². The molecule has 0 bridgehead atoms. The molecule has 1 amide bonds. The maximum absolute atomic E-state index is 11.4. The zero-order valence-electron chi connectivity index (χ0n) is 15.9. The maximum Gasteiger partial charge on any atom is 0.223 e. The molecule has 0 atom stereocenters. The van der Waals surface area contributed by atoms with Gasteiger partial charge < -0.3 is 25.4 Å². The second kappa shape index (κ2) is 17.0. The summed E-state index contributed by atoms with van der Waals surface area (Å²) in [7, 11) is 5.67. The Morgan fingerprint density at radius 1 is 1.12 bits per heavy atom. The Morgan fingerprint density at radius 2 is 1.84 bits per heavy atom. The van der Waals surface area contributed by atoms with E-state index in [9.17, 15) is 4.79 Å². The van der Waals surface area contributed by atoms with Crippen molar-refractivity contribution in [3.05, 3.63) is 0 Å². The summed E-state index contributed by atoms with van der Waals surface area (Å²) in [4.78, 5) is 11.4. The predicted octanol–water partition coefficient (Wildman–Crippen LogP) is 1.48. The van der Waals surface area contributed by atoms with Crippen LogP contribution >= 0.6 is 21.6 Å². The standard InChI is InChI=1S/C17H33N3O3S2/c1-5-6-8-19-16(21)7-11-22-13-14-23-12-9-20-17(2,3)25-24-15-10-18-4/h18,20H,7-15H2,1-4H3,(H,19,21). The molecule has 0 aliphatic rings. The summed E-state index contributed by atoms with van der Waals surface area (Å²) in [5, 5.41) is 9.31. The lowest BCUT2D eigenvalue weighted by Gasteiger charge is -2.25. The quantitative estimate of drug-likeness (QED) is 0.159. The van der Waals surface area contributed by atoms with Gasteiger partial charge in [0.1, 0.15) is 0 Å². The normalized spacial score (nSPS) is 11.0. The number of hydrogen-bond acceptors (Lipinski definition) is 7. The smallest absolute Gasteiger partial charge is 0.223 e. The van der Waals surface area contributed by atoms with Crippen LogP contribution in [0.2, 0.25) is 0 Å². The second-order valence-corrected chi connectivity index (χ2v) is 8.66. The summed E-state index contributed by atoms with van der Waals surface area (Å²) in [5.74, 6) is 6.55. The molecule has 0 spiro atoms. The van der Waals surface area contributed by atoms with E-state index in [2.05, 4.69) is 41.6 Å². The van der Waals surface area contributed by atoms with Gasteiger partial charge in [0.15, 0.2) is 0 Å². The summed E-state index contributed by atoms with van der Waals surface area (Å²) >= 11 is 0. The number of amides is 1. The minimum Gasteiger partial charge on any atom is -0.379 e. The highest BCUT2D eigenvalue weighted by Crippen LogP contribution is 2.32. The molecule has 25 heavy (non-hydrogen) atoms. The minimum absolute atomic E-state index is 0.0216. The van der Waals surface area contributed by atoms with Gasteiger partial charge in [0.05, 0.1) is 37.8 Å². The van der Waals surface area contributed by atoms with Gasteiger partial charge in [-0.3, -0.25) is 4.79 Å². The van der Waals surface area contributed by atoms with Crippen molar-refractivity contribution in [1.82, 2.24) is 16.0 Å². The predicted molar refractivity (Wildman–Crippen MR) is 109 cm³/mol. The zero-order chi connectivity index (χ0) is 18.8. The summed E-state index contributed by atoms with van der Waals surface area (Å²) in [6.07, 6.45) is 0.351. The van der Waals surface area contributed by atoms with E-state index in [1.807, 2.05) is 28.6 Å². The van der Waals surface area contributed by atoms with Gasteiger partial charge in [-0.2, -0.15) is 0 Å². The molecule has 0 aromatic carbocycles. The first-order chi connectivity index (χ1) is 12.0. The van der Waals surface area contributed by atoms with E-state index in [1.165, 1.54) is 0 Å². The number of hydrogen-bond donors (Lipinski definition) is 3. The van der Waals surface area contributed by atoms with Crippen molar-refractivity contribution in [1.29, 1.82) is 0 Å². The molecule has 6 nitrogen and oxygen atoms in total. The number of carbonyl (C=O) groups excluding carboxylic acids is 1. The Kier molecular flexibility index (Phi) is 16.7. The second-order valence-electron chi connectivity index (χ2n) is 5.62. The molecule has 0 aliphatic carbocycles. The topological polar surface area (TPSA) is 71.6 Å². The Morgan fingerprint density at radius 3 is 2.52 bits per heavy atom. The lowest BCUT2D eigenvalue weighted by Crippen LogP contribution is -2.37. The molecule has 0 fully saturated rings. The summed E-state index contributed by atoms with van der Waals surface area (Å²) in [5.41, 5.74) is 0. The van der Waals surface area contributed by atoms with Crippen molar-refractivity contribution in [3.8, 4) is 11.8 Å². The molecule has 0 heterocycles. The van der Waals surface area contributed by atoms with Gasteiger partial charge in [-0.1, -0.05) is 27.5 Å². The number of rotatable bonds is 16. The Bertz CT molecular complexity index is 398. The van der Waals surface area contributed by atoms with Crippen LogP contribution in [0.4, 0.5) is 0 Å². The van der Waals surface area contributed by atoms with Crippen molar-refractivity contribution in [2.24, 2.45) is 0 Å². The van der Waals surface area contributed by atoms with Gasteiger partial charge in [0.25, 0.3) is 0 Å². The van der Waals surface area contributed by atoms with E-state index in [0.29, 0.717) is 39.4 Å². The lowest BCUT2D eigenvalue weighted by molar-refractivity contribution is -0.122. The van der Waals surface area contributed by atoms with Crippen LogP contribution in [0.25, 0.3) is 0 Å². The molecule has 0 unspecified atom stereocenters. The average molecular weight is 392 g/mol. The minimum atomic E-state index is -0.0415. The molecule has 0 aromatic rings. The Hall–Kier alpha value is -0.430. The van der Waals surface area contributed by atoms with Crippen molar-refractivity contribution >= 4 is 27.5 Å². The van der Waals surface area contributed by atoms with E-state index >= 15 is 0 Å². The Labute approximate surface area is 160 Å². The molecule has 0 aliphatic heterocycles. The molecule has 0 saturated heterocycles.